The lowest BCUT2D eigenvalue weighted by atomic mass is 9.78. The minimum absolute atomic E-state index is 0.258. The lowest BCUT2D eigenvalue weighted by molar-refractivity contribution is 0.114. The molecule has 2 rings (SSSR count). The molecule has 1 saturated carbocycles. The summed E-state index contributed by atoms with van der Waals surface area (Å²) >= 11 is 5.46. The van der Waals surface area contributed by atoms with Gasteiger partial charge in [-0.15, -0.1) is 0 Å². The van der Waals surface area contributed by atoms with Gasteiger partial charge in [-0.1, -0.05) is 6.42 Å². The van der Waals surface area contributed by atoms with Crippen molar-refractivity contribution in [3.8, 4) is 0 Å². The van der Waals surface area contributed by atoms with E-state index in [1.165, 1.54) is 25.7 Å². The smallest absolute Gasteiger partial charge is 0.316 e. The van der Waals surface area contributed by atoms with Gasteiger partial charge in [-0.3, -0.25) is 4.79 Å². The van der Waals surface area contributed by atoms with Gasteiger partial charge in [-0.05, 0) is 42.7 Å². The third-order valence-electron chi connectivity index (χ3n) is 3.10. The summed E-state index contributed by atoms with van der Waals surface area (Å²) in [5, 5.41) is -0.258. The van der Waals surface area contributed by atoms with Crippen LogP contribution in [-0.2, 0) is 0 Å². The Kier molecular flexibility index (Phi) is 2.26. The van der Waals surface area contributed by atoms with Crippen molar-refractivity contribution in [2.24, 2.45) is 11.8 Å². The topological polar surface area (TPSA) is 20.3 Å². The van der Waals surface area contributed by atoms with Gasteiger partial charge >= 0.3 is 5.37 Å². The van der Waals surface area contributed by atoms with E-state index in [2.05, 4.69) is 0 Å². The SMILES string of the molecule is O=C(Cl)N1CC2CCCC(C2)C1. The lowest BCUT2D eigenvalue weighted by Crippen LogP contribution is -2.43. The van der Waals surface area contributed by atoms with Crippen LogP contribution >= 0.6 is 11.6 Å². The second kappa shape index (κ2) is 3.25. The first-order valence-electron chi connectivity index (χ1n) is 4.70. The second-order valence-electron chi connectivity index (χ2n) is 4.06. The van der Waals surface area contributed by atoms with Crippen LogP contribution in [0.25, 0.3) is 0 Å². The molecule has 3 heteroatoms. The van der Waals surface area contributed by atoms with E-state index < -0.39 is 0 Å². The molecule has 1 amide bonds. The minimum Gasteiger partial charge on any atom is -0.329 e. The number of hydrogen-bond donors (Lipinski definition) is 0. The fraction of sp³-hybridized carbons (Fsp3) is 0.889. The number of nitrogens with zero attached hydrogens (tertiary/aromatic N) is 1. The first-order chi connectivity index (χ1) is 5.75. The number of likely N-dealkylation sites (tertiary alicyclic amines) is 1. The Morgan fingerprint density at radius 2 is 1.83 bits per heavy atom. The highest BCUT2D eigenvalue weighted by Gasteiger charge is 2.31. The van der Waals surface area contributed by atoms with E-state index in [0.29, 0.717) is 0 Å². The molecule has 0 N–H and O–H groups in total. The van der Waals surface area contributed by atoms with Crippen LogP contribution in [0.5, 0.6) is 0 Å². The number of halogens is 1. The van der Waals surface area contributed by atoms with Gasteiger partial charge in [0, 0.05) is 13.1 Å². The molecule has 0 radical (unpaired) electrons. The molecule has 1 aliphatic carbocycles. The molecule has 68 valence electrons. The largest absolute Gasteiger partial charge is 0.329 e. The highest BCUT2D eigenvalue weighted by Crippen LogP contribution is 2.34. The quantitative estimate of drug-likeness (QED) is 0.422. The highest BCUT2D eigenvalue weighted by molar-refractivity contribution is 6.62. The van der Waals surface area contributed by atoms with Crippen molar-refractivity contribution in [3.63, 3.8) is 0 Å². The summed E-state index contributed by atoms with van der Waals surface area (Å²) in [4.78, 5) is 12.7. The molecular formula is C9H14ClNO. The number of rotatable bonds is 0. The summed E-state index contributed by atoms with van der Waals surface area (Å²) in [6.45, 7) is 1.80. The summed E-state index contributed by atoms with van der Waals surface area (Å²) in [6.07, 6.45) is 5.24. The van der Waals surface area contributed by atoms with Crippen molar-refractivity contribution in [1.82, 2.24) is 4.90 Å². The Morgan fingerprint density at radius 3 is 2.33 bits per heavy atom. The van der Waals surface area contributed by atoms with Gasteiger partial charge in [0.15, 0.2) is 0 Å². The number of carbonyl (C=O) groups is 1. The first-order valence-corrected chi connectivity index (χ1v) is 5.08. The van der Waals surface area contributed by atoms with Crippen LogP contribution in [0.3, 0.4) is 0 Å². The molecule has 0 aromatic heterocycles. The molecule has 2 fully saturated rings. The van der Waals surface area contributed by atoms with Crippen LogP contribution in [0.4, 0.5) is 4.79 Å². The van der Waals surface area contributed by atoms with Crippen molar-refractivity contribution in [2.75, 3.05) is 13.1 Å². The van der Waals surface area contributed by atoms with E-state index in [0.717, 1.165) is 24.9 Å². The van der Waals surface area contributed by atoms with E-state index in [1.807, 2.05) is 0 Å². The van der Waals surface area contributed by atoms with Crippen LogP contribution in [0.2, 0.25) is 0 Å². The molecule has 2 unspecified atom stereocenters. The average Bonchev–Trinajstić information content (AvgIpc) is 2.03. The van der Waals surface area contributed by atoms with Crippen molar-refractivity contribution >= 4 is 17.0 Å². The van der Waals surface area contributed by atoms with Gasteiger partial charge in [0.1, 0.15) is 0 Å². The zero-order valence-electron chi connectivity index (χ0n) is 7.13. The summed E-state index contributed by atoms with van der Waals surface area (Å²) in [6, 6.07) is 0. The van der Waals surface area contributed by atoms with Gasteiger partial charge in [0.2, 0.25) is 0 Å². The molecule has 2 nitrogen and oxygen atoms in total. The third-order valence-corrected chi connectivity index (χ3v) is 3.34. The molecule has 0 aromatic carbocycles. The average molecular weight is 188 g/mol. The van der Waals surface area contributed by atoms with E-state index in [-0.39, 0.29) is 5.37 Å². The van der Waals surface area contributed by atoms with Gasteiger partial charge < -0.3 is 4.90 Å². The number of amides is 1. The number of fused-ring (bicyclic) bond motifs is 2. The Balaban J connectivity index is 2.00. The molecular weight excluding hydrogens is 174 g/mol. The Bertz CT molecular complexity index is 183. The number of hydrogen-bond acceptors (Lipinski definition) is 1. The monoisotopic (exact) mass is 187 g/mol. The molecule has 1 saturated heterocycles. The lowest BCUT2D eigenvalue weighted by Gasteiger charge is -2.40. The molecule has 0 aromatic rings. The molecule has 2 bridgehead atoms. The maximum absolute atomic E-state index is 10.9. The van der Waals surface area contributed by atoms with E-state index in [1.54, 1.807) is 4.90 Å². The van der Waals surface area contributed by atoms with Crippen LogP contribution in [0.1, 0.15) is 25.7 Å². The standard InChI is InChI=1S/C9H14ClNO/c10-9(12)11-5-7-2-1-3-8(4-7)6-11/h7-8H,1-6H2. The predicted molar refractivity (Wildman–Crippen MR) is 48.3 cm³/mol. The summed E-state index contributed by atoms with van der Waals surface area (Å²) in [7, 11) is 0. The van der Waals surface area contributed by atoms with Gasteiger partial charge in [-0.25, -0.2) is 0 Å². The first kappa shape index (κ1) is 8.36. The fourth-order valence-electron chi connectivity index (χ4n) is 2.58. The summed E-state index contributed by atoms with van der Waals surface area (Å²) in [5.74, 6) is 1.47. The Morgan fingerprint density at radius 1 is 1.25 bits per heavy atom. The predicted octanol–water partition coefficient (Wildman–Crippen LogP) is 2.47. The second-order valence-corrected chi connectivity index (χ2v) is 4.38. The third kappa shape index (κ3) is 1.58. The number of piperidine rings is 1. The molecule has 0 spiro atoms. The minimum atomic E-state index is -0.258. The van der Waals surface area contributed by atoms with Gasteiger partial charge in [-0.2, -0.15) is 0 Å². The van der Waals surface area contributed by atoms with E-state index >= 15 is 0 Å². The van der Waals surface area contributed by atoms with Crippen molar-refractivity contribution in [2.45, 2.75) is 25.7 Å². The van der Waals surface area contributed by atoms with Crippen molar-refractivity contribution in [1.29, 1.82) is 0 Å². The van der Waals surface area contributed by atoms with Gasteiger partial charge in [0.05, 0.1) is 0 Å². The molecule has 1 aliphatic heterocycles. The van der Waals surface area contributed by atoms with Gasteiger partial charge in [0.25, 0.3) is 0 Å². The van der Waals surface area contributed by atoms with E-state index in [4.69, 9.17) is 11.6 Å². The molecule has 2 atom stereocenters. The molecule has 1 heterocycles. The summed E-state index contributed by atoms with van der Waals surface area (Å²) in [5.41, 5.74) is 0. The van der Waals surface area contributed by atoms with Crippen LogP contribution in [0, 0.1) is 11.8 Å². The normalized spacial score (nSPS) is 34.9. The van der Waals surface area contributed by atoms with E-state index in [9.17, 15) is 4.79 Å². The van der Waals surface area contributed by atoms with Crippen LogP contribution < -0.4 is 0 Å². The fourth-order valence-corrected chi connectivity index (χ4v) is 2.71. The molecule has 2 aliphatic rings. The Labute approximate surface area is 77.9 Å². The number of carbonyl (C=O) groups excluding carboxylic acids is 1. The zero-order valence-corrected chi connectivity index (χ0v) is 7.89. The zero-order chi connectivity index (χ0) is 8.55. The van der Waals surface area contributed by atoms with Crippen LogP contribution in [-0.4, -0.2) is 23.4 Å². The summed E-state index contributed by atoms with van der Waals surface area (Å²) < 4.78 is 0. The highest BCUT2D eigenvalue weighted by atomic mass is 35.5. The maximum atomic E-state index is 10.9. The molecule has 12 heavy (non-hydrogen) atoms. The van der Waals surface area contributed by atoms with Crippen LogP contribution in [0.15, 0.2) is 0 Å². The van der Waals surface area contributed by atoms with Crippen molar-refractivity contribution < 1.29 is 4.79 Å². The maximum Gasteiger partial charge on any atom is 0.316 e. The van der Waals surface area contributed by atoms with Crippen molar-refractivity contribution in [3.05, 3.63) is 0 Å². The Hall–Kier alpha value is -0.240.